The molecule has 2 aromatic carbocycles. The predicted molar refractivity (Wildman–Crippen MR) is 121 cm³/mol. The third-order valence-corrected chi connectivity index (χ3v) is 5.14. The van der Waals surface area contributed by atoms with Crippen LogP contribution < -0.4 is 10.2 Å². The first-order valence-corrected chi connectivity index (χ1v) is 10.4. The van der Waals surface area contributed by atoms with Gasteiger partial charge < -0.3 is 19.5 Å². The van der Waals surface area contributed by atoms with Crippen LogP contribution >= 0.6 is 11.6 Å². The summed E-state index contributed by atoms with van der Waals surface area (Å²) in [5.74, 6) is -0.870. The number of carbonyl (C=O) groups excluding carboxylic acids is 2. The number of nitrogens with one attached hydrogen (secondary N) is 1. The highest BCUT2D eigenvalue weighted by Crippen LogP contribution is 2.31. The Bertz CT molecular complexity index is 1060. The lowest BCUT2D eigenvalue weighted by molar-refractivity contribution is -0.119. The van der Waals surface area contributed by atoms with E-state index in [1.54, 1.807) is 31.2 Å². The molecule has 0 radical (unpaired) electrons. The Morgan fingerprint density at radius 2 is 1.77 bits per heavy atom. The Morgan fingerprint density at radius 1 is 1.10 bits per heavy atom. The highest BCUT2D eigenvalue weighted by Gasteiger charge is 2.24. The van der Waals surface area contributed by atoms with Crippen molar-refractivity contribution in [2.75, 3.05) is 29.9 Å². The molecule has 31 heavy (non-hydrogen) atoms. The van der Waals surface area contributed by atoms with Gasteiger partial charge in [0.05, 0.1) is 5.02 Å². The number of aromatic nitrogens is 1. The van der Waals surface area contributed by atoms with Crippen LogP contribution in [0.5, 0.6) is 0 Å². The molecule has 0 saturated heterocycles. The van der Waals surface area contributed by atoms with Gasteiger partial charge in [0.15, 0.2) is 6.61 Å². The van der Waals surface area contributed by atoms with Crippen LogP contribution in [-0.4, -0.2) is 36.7 Å². The number of aryl methyl sites for hydroxylation is 1. The van der Waals surface area contributed by atoms with Crippen molar-refractivity contribution in [1.29, 1.82) is 0 Å². The molecule has 0 aliphatic heterocycles. The van der Waals surface area contributed by atoms with Gasteiger partial charge in [-0.2, -0.15) is 0 Å². The molecule has 162 valence electrons. The summed E-state index contributed by atoms with van der Waals surface area (Å²) in [6, 6.07) is 14.5. The Hall–Kier alpha value is -3.32. The van der Waals surface area contributed by atoms with Crippen molar-refractivity contribution in [1.82, 2.24) is 5.16 Å². The molecule has 1 amide bonds. The number of halogens is 1. The molecule has 0 aliphatic rings. The van der Waals surface area contributed by atoms with E-state index in [9.17, 15) is 9.59 Å². The second-order valence-corrected chi connectivity index (χ2v) is 7.19. The summed E-state index contributed by atoms with van der Waals surface area (Å²) in [6.45, 7) is 7.13. The Labute approximate surface area is 185 Å². The minimum Gasteiger partial charge on any atom is -0.452 e. The normalized spacial score (nSPS) is 10.6. The highest BCUT2D eigenvalue weighted by molar-refractivity contribution is 6.33. The second-order valence-electron chi connectivity index (χ2n) is 6.79. The van der Waals surface area contributed by atoms with E-state index in [1.165, 1.54) is 0 Å². The lowest BCUT2D eigenvalue weighted by Crippen LogP contribution is -2.22. The molecule has 1 aromatic heterocycles. The van der Waals surface area contributed by atoms with E-state index in [-0.39, 0.29) is 17.0 Å². The number of rotatable bonds is 8. The van der Waals surface area contributed by atoms with Crippen molar-refractivity contribution in [3.05, 3.63) is 64.9 Å². The van der Waals surface area contributed by atoms with E-state index in [4.69, 9.17) is 20.9 Å². The predicted octanol–water partition coefficient (Wildman–Crippen LogP) is 4.95. The van der Waals surface area contributed by atoms with E-state index in [1.807, 2.05) is 24.3 Å². The molecule has 0 saturated carbocycles. The fraction of sp³-hybridized carbons (Fsp3) is 0.261. The highest BCUT2D eigenvalue weighted by atomic mass is 35.5. The van der Waals surface area contributed by atoms with E-state index < -0.39 is 18.5 Å². The third-order valence-electron chi connectivity index (χ3n) is 4.81. The molecule has 0 fully saturated rings. The van der Waals surface area contributed by atoms with Gasteiger partial charge in [0, 0.05) is 30.0 Å². The summed E-state index contributed by atoms with van der Waals surface area (Å²) in [7, 11) is 0. The number of benzene rings is 2. The van der Waals surface area contributed by atoms with E-state index in [0.717, 1.165) is 18.8 Å². The van der Waals surface area contributed by atoms with Crippen LogP contribution in [0.3, 0.4) is 0 Å². The van der Waals surface area contributed by atoms with Crippen LogP contribution in [0, 0.1) is 6.92 Å². The van der Waals surface area contributed by atoms with Crippen LogP contribution in [-0.2, 0) is 9.53 Å². The minimum absolute atomic E-state index is 0.143. The second kappa shape index (κ2) is 10.1. The zero-order valence-corrected chi connectivity index (χ0v) is 18.4. The summed E-state index contributed by atoms with van der Waals surface area (Å²) >= 11 is 6.21. The fourth-order valence-corrected chi connectivity index (χ4v) is 3.42. The first-order chi connectivity index (χ1) is 14.9. The zero-order chi connectivity index (χ0) is 22.4. The first kappa shape index (κ1) is 22.4. The average Bonchev–Trinajstić information content (AvgIpc) is 3.15. The standard InChI is InChI=1S/C23H24ClN3O4/c1-4-27(5-2)17-12-10-16(11-13-17)25-20(28)14-30-23(29)21-15(3)31-26-22(21)18-8-6-7-9-19(18)24/h6-13H,4-5,14H2,1-3H3,(H,25,28). The maximum Gasteiger partial charge on any atom is 0.344 e. The fourth-order valence-electron chi connectivity index (χ4n) is 3.19. The van der Waals surface area contributed by atoms with Gasteiger partial charge in [-0.15, -0.1) is 0 Å². The Kier molecular flexibility index (Phi) is 7.31. The zero-order valence-electron chi connectivity index (χ0n) is 17.6. The number of hydrogen-bond donors (Lipinski definition) is 1. The molecular formula is C23H24ClN3O4. The van der Waals surface area contributed by atoms with Crippen LogP contribution in [0.15, 0.2) is 53.1 Å². The quantitative estimate of drug-likeness (QED) is 0.498. The van der Waals surface area contributed by atoms with Gasteiger partial charge in [-0.05, 0) is 51.1 Å². The molecule has 1 heterocycles. The third kappa shape index (κ3) is 5.24. The Balaban J connectivity index is 1.63. The maximum absolute atomic E-state index is 12.6. The maximum atomic E-state index is 12.6. The first-order valence-electron chi connectivity index (χ1n) is 9.97. The summed E-state index contributed by atoms with van der Waals surface area (Å²) < 4.78 is 10.4. The van der Waals surface area contributed by atoms with Gasteiger partial charge in [0.2, 0.25) is 0 Å². The molecular weight excluding hydrogens is 418 g/mol. The summed E-state index contributed by atoms with van der Waals surface area (Å²) in [5.41, 5.74) is 2.66. The number of nitrogens with zero attached hydrogens (tertiary/aromatic N) is 2. The molecule has 0 spiro atoms. The molecule has 0 unspecified atom stereocenters. The van der Waals surface area contributed by atoms with Crippen molar-refractivity contribution in [3.8, 4) is 11.3 Å². The number of hydrogen-bond acceptors (Lipinski definition) is 6. The van der Waals surface area contributed by atoms with Gasteiger partial charge in [-0.3, -0.25) is 4.79 Å². The van der Waals surface area contributed by atoms with E-state index in [2.05, 4.69) is 29.2 Å². The van der Waals surface area contributed by atoms with E-state index >= 15 is 0 Å². The van der Waals surface area contributed by atoms with Crippen LogP contribution in [0.2, 0.25) is 5.02 Å². The molecule has 0 atom stereocenters. The topological polar surface area (TPSA) is 84.7 Å². The van der Waals surface area contributed by atoms with Crippen molar-refractivity contribution in [2.24, 2.45) is 0 Å². The largest absolute Gasteiger partial charge is 0.452 e. The lowest BCUT2D eigenvalue weighted by Gasteiger charge is -2.21. The molecule has 0 aliphatic carbocycles. The van der Waals surface area contributed by atoms with Crippen LogP contribution in [0.25, 0.3) is 11.3 Å². The van der Waals surface area contributed by atoms with Gasteiger partial charge in [0.1, 0.15) is 17.0 Å². The molecule has 7 nitrogen and oxygen atoms in total. The number of esters is 1. The number of amides is 1. The monoisotopic (exact) mass is 441 g/mol. The SMILES string of the molecule is CCN(CC)c1ccc(NC(=O)COC(=O)c2c(-c3ccccc3Cl)noc2C)cc1. The molecule has 3 rings (SSSR count). The lowest BCUT2D eigenvalue weighted by atomic mass is 10.1. The average molecular weight is 442 g/mol. The number of anilines is 2. The molecule has 8 heteroatoms. The van der Waals surface area contributed by atoms with Crippen molar-refractivity contribution < 1.29 is 18.8 Å². The minimum atomic E-state index is -0.708. The van der Waals surface area contributed by atoms with Gasteiger partial charge in [-0.25, -0.2) is 4.79 Å². The number of ether oxygens (including phenoxy) is 1. The Morgan fingerprint density at radius 3 is 2.42 bits per heavy atom. The molecule has 1 N–H and O–H groups in total. The summed E-state index contributed by atoms with van der Waals surface area (Å²) in [6.07, 6.45) is 0. The summed E-state index contributed by atoms with van der Waals surface area (Å²) in [4.78, 5) is 27.1. The van der Waals surface area contributed by atoms with Crippen molar-refractivity contribution in [2.45, 2.75) is 20.8 Å². The van der Waals surface area contributed by atoms with Crippen molar-refractivity contribution >= 4 is 34.9 Å². The smallest absolute Gasteiger partial charge is 0.344 e. The summed E-state index contributed by atoms with van der Waals surface area (Å²) in [5, 5.41) is 7.08. The van der Waals surface area contributed by atoms with Crippen LogP contribution in [0.1, 0.15) is 30.0 Å². The molecule has 3 aromatic rings. The van der Waals surface area contributed by atoms with Gasteiger partial charge >= 0.3 is 5.97 Å². The van der Waals surface area contributed by atoms with Gasteiger partial charge in [0.25, 0.3) is 5.91 Å². The molecule has 0 bridgehead atoms. The van der Waals surface area contributed by atoms with Crippen LogP contribution in [0.4, 0.5) is 11.4 Å². The number of carbonyl (C=O) groups is 2. The van der Waals surface area contributed by atoms with Gasteiger partial charge in [-0.1, -0.05) is 35.0 Å². The van der Waals surface area contributed by atoms with Crippen molar-refractivity contribution in [3.63, 3.8) is 0 Å². The van der Waals surface area contributed by atoms with E-state index in [0.29, 0.717) is 16.3 Å².